The first-order valence-corrected chi connectivity index (χ1v) is 7.37. The Kier molecular flexibility index (Phi) is 4.55. The summed E-state index contributed by atoms with van der Waals surface area (Å²) < 4.78 is 22.6. The smallest absolute Gasteiger partial charge is 0.151 e. The summed E-state index contributed by atoms with van der Waals surface area (Å²) in [6, 6.07) is 0.218. The third-order valence-corrected chi connectivity index (χ3v) is 4.84. The Balaban J connectivity index is 2.38. The first kappa shape index (κ1) is 12.9. The molecule has 1 saturated heterocycles. The highest BCUT2D eigenvalue weighted by Gasteiger charge is 2.30. The predicted molar refractivity (Wildman–Crippen MR) is 62.5 cm³/mol. The van der Waals surface area contributed by atoms with E-state index in [0.717, 1.165) is 19.4 Å². The van der Waals surface area contributed by atoms with Gasteiger partial charge < -0.3 is 10.6 Å². The Bertz CT molecular complexity index is 290. The van der Waals surface area contributed by atoms with Crippen molar-refractivity contribution in [3.05, 3.63) is 0 Å². The second-order valence-corrected chi connectivity index (χ2v) is 6.91. The van der Waals surface area contributed by atoms with E-state index in [9.17, 15) is 8.42 Å². The lowest BCUT2D eigenvalue weighted by molar-refractivity contribution is 0.224. The summed E-state index contributed by atoms with van der Waals surface area (Å²) >= 11 is 0. The lowest BCUT2D eigenvalue weighted by Gasteiger charge is -2.26. The Hall–Kier alpha value is -0.130. The van der Waals surface area contributed by atoms with Gasteiger partial charge in [-0.1, -0.05) is 6.92 Å². The molecule has 0 aromatic heterocycles. The monoisotopic (exact) mass is 234 g/mol. The molecule has 1 fully saturated rings. The van der Waals surface area contributed by atoms with E-state index in [0.29, 0.717) is 24.0 Å². The molecular formula is C10H22N2O2S. The fraction of sp³-hybridized carbons (Fsp3) is 1.00. The van der Waals surface area contributed by atoms with Crippen molar-refractivity contribution in [3.8, 4) is 0 Å². The first-order valence-electron chi connectivity index (χ1n) is 5.55. The largest absolute Gasteiger partial charge is 0.330 e. The minimum Gasteiger partial charge on any atom is -0.330 e. The lowest BCUT2D eigenvalue weighted by Crippen LogP contribution is -2.36. The highest BCUT2D eigenvalue weighted by Crippen LogP contribution is 2.17. The summed E-state index contributed by atoms with van der Waals surface area (Å²) in [5.74, 6) is 1.23. The van der Waals surface area contributed by atoms with Gasteiger partial charge in [-0.15, -0.1) is 0 Å². The molecule has 1 aliphatic heterocycles. The van der Waals surface area contributed by atoms with Crippen LogP contribution in [0.3, 0.4) is 0 Å². The average Bonchev–Trinajstić information content (AvgIpc) is 2.46. The molecule has 2 unspecified atom stereocenters. The lowest BCUT2D eigenvalue weighted by atomic mass is 10.1. The molecule has 0 aliphatic carbocycles. The highest BCUT2D eigenvalue weighted by molar-refractivity contribution is 7.91. The molecule has 1 aliphatic rings. The molecule has 0 aromatic carbocycles. The molecular weight excluding hydrogens is 212 g/mol. The van der Waals surface area contributed by atoms with Gasteiger partial charge in [-0.2, -0.15) is 0 Å². The van der Waals surface area contributed by atoms with E-state index < -0.39 is 9.84 Å². The van der Waals surface area contributed by atoms with E-state index in [1.807, 2.05) is 7.05 Å². The normalized spacial score (nSPS) is 27.1. The molecule has 4 nitrogen and oxygen atoms in total. The van der Waals surface area contributed by atoms with Crippen LogP contribution in [-0.2, 0) is 9.84 Å². The van der Waals surface area contributed by atoms with E-state index in [4.69, 9.17) is 5.73 Å². The average molecular weight is 234 g/mol. The topological polar surface area (TPSA) is 63.4 Å². The van der Waals surface area contributed by atoms with E-state index >= 15 is 0 Å². The molecule has 1 heterocycles. The molecule has 0 radical (unpaired) electrons. The van der Waals surface area contributed by atoms with Gasteiger partial charge >= 0.3 is 0 Å². The molecule has 0 amide bonds. The molecule has 5 heteroatoms. The summed E-state index contributed by atoms with van der Waals surface area (Å²) in [4.78, 5) is 2.17. The van der Waals surface area contributed by atoms with Crippen LogP contribution in [0.15, 0.2) is 0 Å². The second kappa shape index (κ2) is 5.27. The standard InChI is InChI=1S/C10H22N2O2S/c1-9(3-5-11)7-12(2)10-4-6-15(13,14)8-10/h9-10H,3-8,11H2,1-2H3. The molecule has 0 spiro atoms. The van der Waals surface area contributed by atoms with Crippen molar-refractivity contribution in [3.63, 3.8) is 0 Å². The minimum absolute atomic E-state index is 0.218. The molecule has 15 heavy (non-hydrogen) atoms. The number of nitrogens with two attached hydrogens (primary N) is 1. The molecule has 0 aromatic rings. The molecule has 0 saturated carbocycles. The maximum absolute atomic E-state index is 11.3. The van der Waals surface area contributed by atoms with Gasteiger partial charge in [0.2, 0.25) is 0 Å². The zero-order valence-corrected chi connectivity index (χ0v) is 10.5. The zero-order valence-electron chi connectivity index (χ0n) is 9.65. The molecule has 2 N–H and O–H groups in total. The Morgan fingerprint density at radius 2 is 2.20 bits per heavy atom. The van der Waals surface area contributed by atoms with E-state index in [1.165, 1.54) is 0 Å². The Morgan fingerprint density at radius 3 is 2.67 bits per heavy atom. The zero-order chi connectivity index (χ0) is 11.5. The summed E-state index contributed by atoms with van der Waals surface area (Å²) in [6.45, 7) is 3.81. The van der Waals surface area contributed by atoms with Crippen molar-refractivity contribution < 1.29 is 8.42 Å². The predicted octanol–water partition coefficient (Wildman–Crippen LogP) is 0.0902. The van der Waals surface area contributed by atoms with Gasteiger partial charge in [0.1, 0.15) is 0 Å². The summed E-state index contributed by atoms with van der Waals surface area (Å²) in [6.07, 6.45) is 1.79. The first-order chi connectivity index (χ1) is 6.94. The van der Waals surface area contributed by atoms with Crippen LogP contribution in [0.25, 0.3) is 0 Å². The van der Waals surface area contributed by atoms with Gasteiger partial charge in [0.15, 0.2) is 9.84 Å². The Labute approximate surface area is 92.7 Å². The molecule has 2 atom stereocenters. The van der Waals surface area contributed by atoms with E-state index in [2.05, 4.69) is 11.8 Å². The van der Waals surface area contributed by atoms with Crippen LogP contribution in [0.1, 0.15) is 19.8 Å². The van der Waals surface area contributed by atoms with Crippen LogP contribution in [0.4, 0.5) is 0 Å². The fourth-order valence-electron chi connectivity index (χ4n) is 2.14. The number of hydrogen-bond acceptors (Lipinski definition) is 4. The third kappa shape index (κ3) is 4.09. The maximum atomic E-state index is 11.3. The van der Waals surface area contributed by atoms with Gasteiger partial charge in [-0.25, -0.2) is 8.42 Å². The summed E-state index contributed by atoms with van der Waals surface area (Å²) in [7, 11) is -0.742. The summed E-state index contributed by atoms with van der Waals surface area (Å²) in [5, 5.41) is 0. The van der Waals surface area contributed by atoms with Gasteiger partial charge in [-0.3, -0.25) is 0 Å². The minimum atomic E-state index is -2.75. The number of nitrogens with zero attached hydrogens (tertiary/aromatic N) is 1. The van der Waals surface area contributed by atoms with Crippen LogP contribution >= 0.6 is 0 Å². The quantitative estimate of drug-likeness (QED) is 0.732. The van der Waals surface area contributed by atoms with E-state index in [-0.39, 0.29) is 6.04 Å². The van der Waals surface area contributed by atoms with Crippen molar-refractivity contribution >= 4 is 9.84 Å². The van der Waals surface area contributed by atoms with Crippen molar-refractivity contribution in [1.82, 2.24) is 4.90 Å². The van der Waals surface area contributed by atoms with Crippen molar-refractivity contribution in [1.29, 1.82) is 0 Å². The van der Waals surface area contributed by atoms with Crippen LogP contribution in [0.2, 0.25) is 0 Å². The van der Waals surface area contributed by atoms with Crippen molar-refractivity contribution in [2.75, 3.05) is 31.6 Å². The van der Waals surface area contributed by atoms with Crippen molar-refractivity contribution in [2.45, 2.75) is 25.8 Å². The van der Waals surface area contributed by atoms with Crippen LogP contribution < -0.4 is 5.73 Å². The Morgan fingerprint density at radius 1 is 1.53 bits per heavy atom. The van der Waals surface area contributed by atoms with Gasteiger partial charge in [0.05, 0.1) is 11.5 Å². The fourth-order valence-corrected chi connectivity index (χ4v) is 3.94. The molecule has 1 rings (SSSR count). The van der Waals surface area contributed by atoms with Crippen LogP contribution in [-0.4, -0.2) is 51.0 Å². The number of hydrogen-bond donors (Lipinski definition) is 1. The molecule has 90 valence electrons. The van der Waals surface area contributed by atoms with E-state index in [1.54, 1.807) is 0 Å². The van der Waals surface area contributed by atoms with Crippen LogP contribution in [0.5, 0.6) is 0 Å². The number of rotatable bonds is 5. The number of sulfone groups is 1. The SMILES string of the molecule is CC(CCN)CN(C)C1CCS(=O)(=O)C1. The van der Waals surface area contributed by atoms with Gasteiger partial charge in [-0.05, 0) is 32.4 Å². The highest BCUT2D eigenvalue weighted by atomic mass is 32.2. The maximum Gasteiger partial charge on any atom is 0.151 e. The second-order valence-electron chi connectivity index (χ2n) is 4.68. The third-order valence-electron chi connectivity index (χ3n) is 3.09. The van der Waals surface area contributed by atoms with Gasteiger partial charge in [0.25, 0.3) is 0 Å². The van der Waals surface area contributed by atoms with Crippen molar-refractivity contribution in [2.24, 2.45) is 11.7 Å². The van der Waals surface area contributed by atoms with Crippen LogP contribution in [0, 0.1) is 5.92 Å². The molecule has 0 bridgehead atoms. The summed E-state index contributed by atoms with van der Waals surface area (Å²) in [5.41, 5.74) is 5.49. The van der Waals surface area contributed by atoms with Gasteiger partial charge in [0, 0.05) is 12.6 Å².